The van der Waals surface area contributed by atoms with Crippen LogP contribution in [0.25, 0.3) is 28.2 Å². The number of aliphatic hydroxyl groups is 3. The van der Waals surface area contributed by atoms with Crippen LogP contribution in [0.2, 0.25) is 0 Å². The SMILES string of the molecule is CN1CCN(c2ccc3cc(-c4ccc(/C=C(\C#N)SN)o4)ccc3c2)CC1.OCC1CC(O)CC(O)O1. The summed E-state index contributed by atoms with van der Waals surface area (Å²) in [5, 5.41) is 43.4. The second-order valence-electron chi connectivity index (χ2n) is 9.50. The molecule has 0 radical (unpaired) electrons. The number of ether oxygens (including phenoxy) is 1. The fourth-order valence-electron chi connectivity index (χ4n) is 4.54. The highest BCUT2D eigenvalue weighted by molar-refractivity contribution is 8.01. The van der Waals surface area contributed by atoms with Crippen molar-refractivity contribution in [1.29, 1.82) is 5.26 Å². The number of nitriles is 1. The quantitative estimate of drug-likeness (QED) is 0.283. The zero-order valence-electron chi connectivity index (χ0n) is 21.4. The van der Waals surface area contributed by atoms with Gasteiger partial charge in [0.25, 0.3) is 0 Å². The van der Waals surface area contributed by atoms with Crippen LogP contribution in [0.3, 0.4) is 0 Å². The van der Waals surface area contributed by atoms with Gasteiger partial charge in [-0.05, 0) is 60.1 Å². The molecule has 2 fully saturated rings. The van der Waals surface area contributed by atoms with Gasteiger partial charge in [0.1, 0.15) is 22.5 Å². The number of fused-ring (bicyclic) bond motifs is 1. The van der Waals surface area contributed by atoms with E-state index in [4.69, 9.17) is 34.9 Å². The van der Waals surface area contributed by atoms with Crippen molar-refractivity contribution in [2.24, 2.45) is 5.14 Å². The third-order valence-corrected chi connectivity index (χ3v) is 7.14. The van der Waals surface area contributed by atoms with E-state index >= 15 is 0 Å². The van der Waals surface area contributed by atoms with Crippen LogP contribution < -0.4 is 10.0 Å². The van der Waals surface area contributed by atoms with Crippen LogP contribution >= 0.6 is 11.9 Å². The van der Waals surface area contributed by atoms with Gasteiger partial charge in [0.2, 0.25) is 0 Å². The molecule has 3 aromatic rings. The number of hydrogen-bond acceptors (Lipinski definition) is 10. The molecule has 3 unspecified atom stereocenters. The lowest BCUT2D eigenvalue weighted by Crippen LogP contribution is -2.44. The van der Waals surface area contributed by atoms with Crippen molar-refractivity contribution < 1.29 is 24.5 Å². The van der Waals surface area contributed by atoms with E-state index in [0.29, 0.717) is 17.1 Å². The number of allylic oxidation sites excluding steroid dienone is 1. The molecule has 2 aliphatic heterocycles. The van der Waals surface area contributed by atoms with E-state index in [2.05, 4.69) is 53.2 Å². The molecule has 0 saturated carbocycles. The van der Waals surface area contributed by atoms with Gasteiger partial charge in [-0.15, -0.1) is 0 Å². The normalized spacial score (nSPS) is 22.6. The Bertz CT molecular complexity index is 1270. The predicted molar refractivity (Wildman–Crippen MR) is 150 cm³/mol. The van der Waals surface area contributed by atoms with Gasteiger partial charge in [0, 0.05) is 56.3 Å². The van der Waals surface area contributed by atoms with Gasteiger partial charge in [-0.2, -0.15) is 5.26 Å². The number of benzene rings is 2. The van der Waals surface area contributed by atoms with Crippen LogP contribution in [-0.4, -0.2) is 78.6 Å². The van der Waals surface area contributed by atoms with E-state index in [1.165, 1.54) is 16.5 Å². The molecule has 202 valence electrons. The van der Waals surface area contributed by atoms with E-state index in [0.717, 1.165) is 49.5 Å². The second-order valence-corrected chi connectivity index (χ2v) is 10.2. The summed E-state index contributed by atoms with van der Waals surface area (Å²) in [6.45, 7) is 4.18. The Balaban J connectivity index is 0.000000283. The summed E-state index contributed by atoms with van der Waals surface area (Å²) in [7, 11) is 2.17. The lowest BCUT2D eigenvalue weighted by molar-refractivity contribution is -0.197. The van der Waals surface area contributed by atoms with Crippen LogP contribution in [-0.2, 0) is 4.74 Å². The highest BCUT2D eigenvalue weighted by Gasteiger charge is 2.26. The van der Waals surface area contributed by atoms with E-state index in [1.54, 1.807) is 6.08 Å². The Morgan fingerprint density at radius 3 is 2.50 bits per heavy atom. The molecule has 38 heavy (non-hydrogen) atoms. The largest absolute Gasteiger partial charge is 0.457 e. The summed E-state index contributed by atoms with van der Waals surface area (Å²) in [4.78, 5) is 5.22. The molecule has 2 aromatic carbocycles. The summed E-state index contributed by atoms with van der Waals surface area (Å²) < 4.78 is 10.7. The number of furan rings is 1. The molecule has 10 heteroatoms. The molecular weight excluding hydrogens is 504 g/mol. The summed E-state index contributed by atoms with van der Waals surface area (Å²) >= 11 is 0.918. The highest BCUT2D eigenvalue weighted by Crippen LogP contribution is 2.30. The molecule has 9 nitrogen and oxygen atoms in total. The molecule has 1 aromatic heterocycles. The monoisotopic (exact) mass is 538 g/mol. The fraction of sp³-hybridized carbons (Fsp3) is 0.393. The minimum atomic E-state index is -0.916. The molecule has 5 N–H and O–H groups in total. The summed E-state index contributed by atoms with van der Waals surface area (Å²) in [5.41, 5.74) is 2.29. The minimum absolute atomic E-state index is 0.145. The average molecular weight is 539 g/mol. The number of anilines is 1. The van der Waals surface area contributed by atoms with Crippen molar-refractivity contribution in [2.75, 3.05) is 44.7 Å². The van der Waals surface area contributed by atoms with Gasteiger partial charge in [0.05, 0.1) is 18.8 Å². The molecular formula is C28H34N4O5S. The summed E-state index contributed by atoms with van der Waals surface area (Å²) in [6, 6.07) is 18.8. The fourth-order valence-corrected chi connectivity index (χ4v) is 4.78. The first kappa shape index (κ1) is 28.1. The Kier molecular flexibility index (Phi) is 9.82. The van der Waals surface area contributed by atoms with Gasteiger partial charge in [-0.1, -0.05) is 18.2 Å². The van der Waals surface area contributed by atoms with Crippen LogP contribution in [0.5, 0.6) is 0 Å². The zero-order chi connectivity index (χ0) is 27.1. The van der Waals surface area contributed by atoms with E-state index in [-0.39, 0.29) is 13.0 Å². The van der Waals surface area contributed by atoms with Crippen molar-refractivity contribution >= 4 is 34.5 Å². The lowest BCUT2D eigenvalue weighted by Gasteiger charge is -2.34. The Morgan fingerprint density at radius 2 is 1.82 bits per heavy atom. The van der Waals surface area contributed by atoms with Crippen LogP contribution in [0, 0.1) is 11.3 Å². The first-order valence-corrected chi connectivity index (χ1v) is 13.4. The first-order chi connectivity index (χ1) is 18.4. The number of likely N-dealkylation sites (N-methyl/N-ethyl adjacent to an activating group) is 1. The zero-order valence-corrected chi connectivity index (χ0v) is 22.2. The Labute approximate surface area is 226 Å². The average Bonchev–Trinajstić information content (AvgIpc) is 3.40. The number of rotatable bonds is 5. The molecule has 2 aliphatic rings. The van der Waals surface area contributed by atoms with E-state index in [9.17, 15) is 0 Å². The van der Waals surface area contributed by atoms with Crippen molar-refractivity contribution in [2.45, 2.75) is 31.3 Å². The molecule has 0 aliphatic carbocycles. The third-order valence-electron chi connectivity index (χ3n) is 6.68. The standard InChI is InChI=1S/C22H22N4OS.C6H12O4/c1-25-8-10-26(11-9-25)19-5-4-16-12-18(3-2-17(16)13-19)22-7-6-20(27-22)14-21(15-23)28-24;7-3-5-1-4(8)2-6(9)10-5/h2-7,12-14H,8-11,24H2,1H3;4-9H,1-3H2/b21-14+;. The van der Waals surface area contributed by atoms with Gasteiger partial charge < -0.3 is 34.3 Å². The second kappa shape index (κ2) is 13.3. The van der Waals surface area contributed by atoms with Crippen molar-refractivity contribution in [3.63, 3.8) is 0 Å². The minimum Gasteiger partial charge on any atom is -0.457 e. The van der Waals surface area contributed by atoms with Crippen LogP contribution in [0.15, 0.2) is 57.9 Å². The van der Waals surface area contributed by atoms with Crippen molar-refractivity contribution in [3.05, 3.63) is 59.2 Å². The predicted octanol–water partition coefficient (Wildman–Crippen LogP) is 3.16. The van der Waals surface area contributed by atoms with E-state index in [1.807, 2.05) is 18.2 Å². The molecule has 0 spiro atoms. The van der Waals surface area contributed by atoms with Gasteiger partial charge in [0.15, 0.2) is 6.29 Å². The number of nitrogens with two attached hydrogens (primary N) is 1. The molecule has 2 saturated heterocycles. The van der Waals surface area contributed by atoms with Crippen LogP contribution in [0.1, 0.15) is 18.6 Å². The van der Waals surface area contributed by atoms with Crippen molar-refractivity contribution in [1.82, 2.24) is 4.90 Å². The summed E-state index contributed by atoms with van der Waals surface area (Å²) in [6.07, 6.45) is 0.447. The van der Waals surface area contributed by atoms with E-state index < -0.39 is 18.5 Å². The molecule has 0 bridgehead atoms. The number of hydrogen-bond donors (Lipinski definition) is 4. The maximum absolute atomic E-state index is 9.03. The number of aliphatic hydroxyl groups excluding tert-OH is 3. The highest BCUT2D eigenvalue weighted by atomic mass is 32.2. The Morgan fingerprint density at radius 1 is 1.08 bits per heavy atom. The maximum atomic E-state index is 9.03. The van der Waals surface area contributed by atoms with Gasteiger partial charge in [-0.25, -0.2) is 0 Å². The van der Waals surface area contributed by atoms with Gasteiger partial charge in [-0.3, -0.25) is 5.14 Å². The topological polar surface area (TPSA) is 139 Å². The molecule has 3 heterocycles. The maximum Gasteiger partial charge on any atom is 0.157 e. The van der Waals surface area contributed by atoms with Gasteiger partial charge >= 0.3 is 0 Å². The lowest BCUT2D eigenvalue weighted by atomic mass is 10.0. The number of piperazine rings is 1. The molecule has 0 amide bonds. The molecule has 5 rings (SSSR count). The number of nitrogens with zero attached hydrogens (tertiary/aromatic N) is 3. The van der Waals surface area contributed by atoms with Crippen LogP contribution in [0.4, 0.5) is 5.69 Å². The Hall–Kier alpha value is -2.88. The van der Waals surface area contributed by atoms with Crippen molar-refractivity contribution in [3.8, 4) is 17.4 Å². The third kappa shape index (κ3) is 7.36. The smallest absolute Gasteiger partial charge is 0.157 e. The molecule has 3 atom stereocenters. The summed E-state index contributed by atoms with van der Waals surface area (Å²) in [5.74, 6) is 1.39. The first-order valence-electron chi connectivity index (χ1n) is 12.6.